The number of rotatable bonds is 4. The minimum Gasteiger partial charge on any atom is -0.326 e. The number of halogens is 1. The minimum absolute atomic E-state index is 0.257. The highest BCUT2D eigenvalue weighted by Gasteiger charge is 2.18. The Morgan fingerprint density at radius 3 is 2.43 bits per heavy atom. The summed E-state index contributed by atoms with van der Waals surface area (Å²) in [5.41, 5.74) is 8.47. The van der Waals surface area contributed by atoms with Crippen molar-refractivity contribution in [2.24, 2.45) is 5.73 Å². The second kappa shape index (κ2) is 6.17. The number of benzene rings is 2. The molecule has 2 aromatic carbocycles. The van der Waals surface area contributed by atoms with Gasteiger partial charge >= 0.3 is 0 Å². The highest BCUT2D eigenvalue weighted by Crippen LogP contribution is 2.25. The summed E-state index contributed by atoms with van der Waals surface area (Å²) in [6.07, 6.45) is 0. The van der Waals surface area contributed by atoms with Crippen molar-refractivity contribution in [2.45, 2.75) is 25.3 Å². The molecule has 0 aromatic heterocycles. The summed E-state index contributed by atoms with van der Waals surface area (Å²) >= 11 is 3.36. The zero-order valence-corrected chi connectivity index (χ0v) is 14.3. The van der Waals surface area contributed by atoms with E-state index in [1.807, 2.05) is 19.1 Å². The molecule has 0 heterocycles. The van der Waals surface area contributed by atoms with Gasteiger partial charge in [-0.3, -0.25) is 4.72 Å². The zero-order chi connectivity index (χ0) is 15.6. The molecular formula is C15H17BrN2O2S. The molecule has 0 aliphatic rings. The molecule has 0 radical (unpaired) electrons. The molecular weight excluding hydrogens is 352 g/mol. The predicted molar refractivity (Wildman–Crippen MR) is 88.8 cm³/mol. The fourth-order valence-corrected chi connectivity index (χ4v) is 3.90. The van der Waals surface area contributed by atoms with Gasteiger partial charge in [0.1, 0.15) is 0 Å². The molecule has 0 saturated heterocycles. The van der Waals surface area contributed by atoms with E-state index in [4.69, 9.17) is 5.73 Å². The van der Waals surface area contributed by atoms with Gasteiger partial charge in [-0.1, -0.05) is 28.1 Å². The monoisotopic (exact) mass is 368 g/mol. The highest BCUT2D eigenvalue weighted by atomic mass is 79.9. The molecule has 21 heavy (non-hydrogen) atoms. The molecule has 2 rings (SSSR count). The topological polar surface area (TPSA) is 72.2 Å². The third-order valence-corrected chi connectivity index (χ3v) is 5.21. The van der Waals surface area contributed by atoms with Gasteiger partial charge in [0.15, 0.2) is 0 Å². The molecule has 2 aromatic rings. The molecule has 0 aliphatic carbocycles. The van der Waals surface area contributed by atoms with Crippen molar-refractivity contribution in [1.29, 1.82) is 0 Å². The Balaban J connectivity index is 2.43. The quantitative estimate of drug-likeness (QED) is 0.869. The largest absolute Gasteiger partial charge is 0.326 e. The third-order valence-electron chi connectivity index (χ3n) is 3.21. The number of hydrogen-bond donors (Lipinski definition) is 2. The van der Waals surface area contributed by atoms with E-state index in [0.29, 0.717) is 17.8 Å². The third kappa shape index (κ3) is 3.64. The lowest BCUT2D eigenvalue weighted by Gasteiger charge is -2.13. The van der Waals surface area contributed by atoms with Crippen LogP contribution >= 0.6 is 15.9 Å². The number of nitrogens with two attached hydrogens (primary N) is 1. The Morgan fingerprint density at radius 1 is 1.10 bits per heavy atom. The zero-order valence-electron chi connectivity index (χ0n) is 11.9. The molecule has 0 bridgehead atoms. The summed E-state index contributed by atoms with van der Waals surface area (Å²) in [5, 5.41) is 0. The summed E-state index contributed by atoms with van der Waals surface area (Å²) in [4.78, 5) is 0.257. The van der Waals surface area contributed by atoms with Gasteiger partial charge in [0.05, 0.1) is 10.6 Å². The molecule has 0 unspecified atom stereocenters. The Morgan fingerprint density at radius 2 is 1.81 bits per heavy atom. The molecule has 0 aliphatic heterocycles. The van der Waals surface area contributed by atoms with Crippen LogP contribution in [0.1, 0.15) is 16.7 Å². The van der Waals surface area contributed by atoms with E-state index < -0.39 is 10.0 Å². The van der Waals surface area contributed by atoms with Gasteiger partial charge in [0.2, 0.25) is 0 Å². The van der Waals surface area contributed by atoms with E-state index in [1.54, 1.807) is 31.2 Å². The van der Waals surface area contributed by atoms with Crippen LogP contribution < -0.4 is 10.5 Å². The fourth-order valence-electron chi connectivity index (χ4n) is 2.00. The van der Waals surface area contributed by atoms with Gasteiger partial charge in [-0.2, -0.15) is 0 Å². The van der Waals surface area contributed by atoms with Crippen molar-refractivity contribution in [2.75, 3.05) is 4.72 Å². The predicted octanol–water partition coefficient (Wildman–Crippen LogP) is 3.33. The summed E-state index contributed by atoms with van der Waals surface area (Å²) in [6, 6.07) is 10.6. The molecule has 0 amide bonds. The summed E-state index contributed by atoms with van der Waals surface area (Å²) in [7, 11) is -3.63. The Kier molecular flexibility index (Phi) is 4.70. The molecule has 4 nitrogen and oxygen atoms in total. The molecule has 0 atom stereocenters. The molecule has 0 saturated carbocycles. The summed E-state index contributed by atoms with van der Waals surface area (Å²) in [6.45, 7) is 3.93. The Hall–Kier alpha value is -1.37. The smallest absolute Gasteiger partial charge is 0.262 e. The van der Waals surface area contributed by atoms with Crippen molar-refractivity contribution in [3.63, 3.8) is 0 Å². The first-order valence-corrected chi connectivity index (χ1v) is 8.69. The lowest BCUT2D eigenvalue weighted by molar-refractivity contribution is 0.600. The lowest BCUT2D eigenvalue weighted by Crippen LogP contribution is -2.15. The van der Waals surface area contributed by atoms with Gasteiger partial charge in [-0.15, -0.1) is 0 Å². The number of hydrogen-bond acceptors (Lipinski definition) is 3. The number of anilines is 1. The first-order valence-electron chi connectivity index (χ1n) is 6.42. The van der Waals surface area contributed by atoms with E-state index in [9.17, 15) is 8.42 Å². The van der Waals surface area contributed by atoms with E-state index in [0.717, 1.165) is 15.6 Å². The van der Waals surface area contributed by atoms with Crippen LogP contribution in [0.15, 0.2) is 45.8 Å². The summed E-state index contributed by atoms with van der Waals surface area (Å²) in [5.74, 6) is 0. The lowest BCUT2D eigenvalue weighted by atomic mass is 10.1. The maximum absolute atomic E-state index is 12.6. The van der Waals surface area contributed by atoms with Crippen LogP contribution in [0.3, 0.4) is 0 Å². The van der Waals surface area contributed by atoms with E-state index in [-0.39, 0.29) is 4.90 Å². The van der Waals surface area contributed by atoms with Crippen LogP contribution in [-0.4, -0.2) is 8.42 Å². The molecule has 0 spiro atoms. The second-order valence-electron chi connectivity index (χ2n) is 4.87. The highest BCUT2D eigenvalue weighted by molar-refractivity contribution is 9.10. The Bertz CT molecular complexity index is 773. The standard InChI is InChI=1S/C15H17BrN2O2S/c1-10-3-4-12(9-17)8-15(10)21(19,20)18-14-6-5-13(16)7-11(14)2/h3-8,18H,9,17H2,1-2H3. The average molecular weight is 369 g/mol. The minimum atomic E-state index is -3.63. The fraction of sp³-hybridized carbons (Fsp3) is 0.200. The van der Waals surface area contributed by atoms with Crippen molar-refractivity contribution in [3.05, 3.63) is 57.6 Å². The van der Waals surface area contributed by atoms with Crippen LogP contribution in [0.2, 0.25) is 0 Å². The van der Waals surface area contributed by atoms with Gasteiger partial charge in [0, 0.05) is 11.0 Å². The van der Waals surface area contributed by atoms with Crippen molar-refractivity contribution in [3.8, 4) is 0 Å². The van der Waals surface area contributed by atoms with Crippen LogP contribution in [0.4, 0.5) is 5.69 Å². The van der Waals surface area contributed by atoms with Crippen LogP contribution in [0.25, 0.3) is 0 Å². The van der Waals surface area contributed by atoms with Crippen molar-refractivity contribution < 1.29 is 8.42 Å². The molecule has 6 heteroatoms. The van der Waals surface area contributed by atoms with Crippen molar-refractivity contribution in [1.82, 2.24) is 0 Å². The number of nitrogens with one attached hydrogen (secondary N) is 1. The van der Waals surface area contributed by atoms with Crippen LogP contribution in [0.5, 0.6) is 0 Å². The number of sulfonamides is 1. The Labute approximate surface area is 133 Å². The second-order valence-corrected chi connectivity index (χ2v) is 7.44. The van der Waals surface area contributed by atoms with E-state index in [1.165, 1.54) is 0 Å². The van der Waals surface area contributed by atoms with Crippen LogP contribution in [-0.2, 0) is 16.6 Å². The number of aryl methyl sites for hydroxylation is 2. The SMILES string of the molecule is Cc1cc(Br)ccc1NS(=O)(=O)c1cc(CN)ccc1C. The van der Waals surface area contributed by atoms with Gasteiger partial charge in [-0.25, -0.2) is 8.42 Å². The van der Waals surface area contributed by atoms with Crippen LogP contribution in [0, 0.1) is 13.8 Å². The first-order chi connectivity index (χ1) is 9.83. The van der Waals surface area contributed by atoms with E-state index >= 15 is 0 Å². The normalized spacial score (nSPS) is 11.4. The molecule has 3 N–H and O–H groups in total. The molecule has 112 valence electrons. The van der Waals surface area contributed by atoms with Gasteiger partial charge in [0.25, 0.3) is 10.0 Å². The van der Waals surface area contributed by atoms with Crippen molar-refractivity contribution >= 4 is 31.6 Å². The molecule has 0 fully saturated rings. The summed E-state index contributed by atoms with van der Waals surface area (Å²) < 4.78 is 28.7. The average Bonchev–Trinajstić information content (AvgIpc) is 2.42. The first kappa shape index (κ1) is 16.0. The van der Waals surface area contributed by atoms with Gasteiger partial charge < -0.3 is 5.73 Å². The maximum Gasteiger partial charge on any atom is 0.262 e. The van der Waals surface area contributed by atoms with Gasteiger partial charge in [-0.05, 0) is 54.8 Å². The maximum atomic E-state index is 12.6. The van der Waals surface area contributed by atoms with E-state index in [2.05, 4.69) is 20.7 Å².